The topological polar surface area (TPSA) is 80.5 Å². The fourth-order valence-corrected chi connectivity index (χ4v) is 5.62. The van der Waals surface area contributed by atoms with Crippen molar-refractivity contribution in [1.29, 1.82) is 0 Å². The zero-order valence-electron chi connectivity index (χ0n) is 17.0. The third kappa shape index (κ3) is 4.32. The Kier molecular flexibility index (Phi) is 5.89. The summed E-state index contributed by atoms with van der Waals surface area (Å²) in [5.74, 6) is -1.06. The molecule has 0 aliphatic rings. The van der Waals surface area contributed by atoms with Crippen molar-refractivity contribution in [1.82, 2.24) is 4.57 Å². The second-order valence-corrected chi connectivity index (χ2v) is 10.1. The number of aryl methyl sites for hydroxylation is 2. The molecule has 0 radical (unpaired) electrons. The molecule has 0 fully saturated rings. The number of nitrogens with zero attached hydrogens (tertiary/aromatic N) is 2. The van der Waals surface area contributed by atoms with Crippen molar-refractivity contribution in [2.45, 2.75) is 11.8 Å². The van der Waals surface area contributed by atoms with E-state index < -0.39 is 21.7 Å². The van der Waals surface area contributed by atoms with Gasteiger partial charge in [-0.3, -0.25) is 9.52 Å². The molecule has 0 aliphatic carbocycles. The molecule has 1 aromatic heterocycles. The summed E-state index contributed by atoms with van der Waals surface area (Å²) in [6.45, 7) is 1.95. The average molecular weight is 490 g/mol. The van der Waals surface area contributed by atoms with Crippen molar-refractivity contribution in [3.63, 3.8) is 0 Å². The van der Waals surface area contributed by atoms with Gasteiger partial charge in [-0.2, -0.15) is 4.99 Å². The van der Waals surface area contributed by atoms with Gasteiger partial charge in [0.05, 0.1) is 20.1 Å². The summed E-state index contributed by atoms with van der Waals surface area (Å²) in [6.07, 6.45) is 0. The quantitative estimate of drug-likeness (QED) is 0.443. The third-order valence-corrected chi connectivity index (χ3v) is 7.77. The second-order valence-electron chi connectivity index (χ2n) is 7.04. The average Bonchev–Trinajstić information content (AvgIpc) is 3.08. The number of hydrogen-bond donors (Lipinski definition) is 1. The molecule has 0 saturated carbocycles. The molecule has 1 heterocycles. The van der Waals surface area contributed by atoms with Gasteiger partial charge in [-0.25, -0.2) is 12.8 Å². The Hall–Kier alpha value is -3.01. The number of fused-ring (bicyclic) bond motifs is 1. The van der Waals surface area contributed by atoms with Crippen LogP contribution in [0.3, 0.4) is 0 Å². The first kappa shape index (κ1) is 22.2. The van der Waals surface area contributed by atoms with Crippen LogP contribution in [-0.2, 0) is 17.1 Å². The highest BCUT2D eigenvalue weighted by atomic mass is 35.5. The molecular weight excluding hydrogens is 473 g/mol. The van der Waals surface area contributed by atoms with E-state index in [1.807, 2.05) is 20.0 Å². The molecular formula is C22H17ClFN3O3S2. The number of sulfonamides is 1. The Bertz CT molecular complexity index is 1520. The number of nitrogens with one attached hydrogen (secondary N) is 1. The summed E-state index contributed by atoms with van der Waals surface area (Å²) >= 11 is 7.60. The summed E-state index contributed by atoms with van der Waals surface area (Å²) in [6, 6.07) is 14.2. The molecule has 0 saturated heterocycles. The maximum absolute atomic E-state index is 13.1. The normalized spacial score (nSPS) is 12.3. The molecule has 0 atom stereocenters. The fourth-order valence-electron chi connectivity index (χ4n) is 3.21. The molecule has 6 nitrogen and oxygen atoms in total. The van der Waals surface area contributed by atoms with Gasteiger partial charge < -0.3 is 4.57 Å². The molecule has 0 unspecified atom stereocenters. The monoisotopic (exact) mass is 489 g/mol. The maximum Gasteiger partial charge on any atom is 0.279 e. The first-order valence-corrected chi connectivity index (χ1v) is 12.1. The zero-order valence-corrected chi connectivity index (χ0v) is 19.4. The van der Waals surface area contributed by atoms with Crippen molar-refractivity contribution in [3.8, 4) is 0 Å². The van der Waals surface area contributed by atoms with Crippen molar-refractivity contribution in [3.05, 3.63) is 87.4 Å². The minimum absolute atomic E-state index is 0.0927. The van der Waals surface area contributed by atoms with E-state index >= 15 is 0 Å². The number of aromatic nitrogens is 1. The van der Waals surface area contributed by atoms with Gasteiger partial charge in [0.25, 0.3) is 15.9 Å². The van der Waals surface area contributed by atoms with Crippen LogP contribution in [0.1, 0.15) is 15.9 Å². The number of hydrogen-bond acceptors (Lipinski definition) is 4. The lowest BCUT2D eigenvalue weighted by Gasteiger charge is -2.08. The Morgan fingerprint density at radius 1 is 1.12 bits per heavy atom. The number of benzene rings is 3. The van der Waals surface area contributed by atoms with Gasteiger partial charge in [-0.15, -0.1) is 0 Å². The van der Waals surface area contributed by atoms with Gasteiger partial charge in [-0.1, -0.05) is 35.1 Å². The highest BCUT2D eigenvalue weighted by Gasteiger charge is 2.16. The summed E-state index contributed by atoms with van der Waals surface area (Å²) in [7, 11) is -2.13. The third-order valence-electron chi connectivity index (χ3n) is 4.78. The molecule has 0 aliphatic heterocycles. The molecule has 1 N–H and O–H groups in total. The SMILES string of the molecule is Cc1ccc(Cl)c2sc(=NC(=O)c3cccc(NS(=O)(=O)c4ccc(F)cc4)c3)n(C)c12. The predicted molar refractivity (Wildman–Crippen MR) is 124 cm³/mol. The Balaban J connectivity index is 1.67. The number of thiazole rings is 1. The molecule has 32 heavy (non-hydrogen) atoms. The predicted octanol–water partition coefficient (Wildman–Crippen LogP) is 4.88. The molecule has 164 valence electrons. The Labute approximate surface area is 192 Å². The van der Waals surface area contributed by atoms with Crippen molar-refractivity contribution in [2.75, 3.05) is 4.72 Å². The molecule has 1 amide bonds. The largest absolute Gasteiger partial charge is 0.319 e. The van der Waals surface area contributed by atoms with Crippen LogP contribution in [0.5, 0.6) is 0 Å². The lowest BCUT2D eigenvalue weighted by Crippen LogP contribution is -2.15. The first-order valence-electron chi connectivity index (χ1n) is 9.38. The second kappa shape index (κ2) is 8.50. The van der Waals surface area contributed by atoms with E-state index in [-0.39, 0.29) is 16.1 Å². The maximum atomic E-state index is 13.1. The number of carbonyl (C=O) groups is 1. The summed E-state index contributed by atoms with van der Waals surface area (Å²) < 4.78 is 43.2. The number of halogens is 2. The van der Waals surface area contributed by atoms with Gasteiger partial charge in [0.2, 0.25) is 0 Å². The highest BCUT2D eigenvalue weighted by molar-refractivity contribution is 7.92. The lowest BCUT2D eigenvalue weighted by molar-refractivity contribution is 0.0998. The standard InChI is InChI=1S/C22H17ClFN3O3S2/c1-13-6-11-18(23)20-19(13)27(2)22(31-20)25-21(28)14-4-3-5-16(12-14)26-32(29,30)17-9-7-15(24)8-10-17/h3-12,26H,1-2H3. The van der Waals surface area contributed by atoms with Crippen LogP contribution in [0.2, 0.25) is 5.02 Å². The minimum atomic E-state index is -3.94. The van der Waals surface area contributed by atoms with Crippen LogP contribution in [0.4, 0.5) is 10.1 Å². The molecule has 10 heteroatoms. The van der Waals surface area contributed by atoms with E-state index in [1.54, 1.807) is 22.8 Å². The molecule has 0 bridgehead atoms. The van der Waals surface area contributed by atoms with E-state index in [0.29, 0.717) is 9.82 Å². The van der Waals surface area contributed by atoms with Gasteiger partial charge in [-0.05, 0) is 61.0 Å². The highest BCUT2D eigenvalue weighted by Crippen LogP contribution is 2.28. The van der Waals surface area contributed by atoms with Crippen LogP contribution in [0.15, 0.2) is 70.6 Å². The summed E-state index contributed by atoms with van der Waals surface area (Å²) in [5, 5.41) is 0.581. The summed E-state index contributed by atoms with van der Waals surface area (Å²) in [4.78, 5) is 17.4. The van der Waals surface area contributed by atoms with Crippen LogP contribution >= 0.6 is 22.9 Å². The Morgan fingerprint density at radius 2 is 1.84 bits per heavy atom. The van der Waals surface area contributed by atoms with Gasteiger partial charge >= 0.3 is 0 Å². The molecule has 4 aromatic rings. The van der Waals surface area contributed by atoms with Crippen LogP contribution in [-0.4, -0.2) is 18.9 Å². The lowest BCUT2D eigenvalue weighted by atomic mass is 10.2. The molecule has 0 spiro atoms. The number of amides is 1. The molecule has 3 aromatic carbocycles. The van der Waals surface area contributed by atoms with Crippen LogP contribution in [0.25, 0.3) is 10.2 Å². The minimum Gasteiger partial charge on any atom is -0.319 e. The van der Waals surface area contributed by atoms with Gasteiger partial charge in [0, 0.05) is 18.3 Å². The van der Waals surface area contributed by atoms with Crippen molar-refractivity contribution >= 4 is 54.8 Å². The van der Waals surface area contributed by atoms with E-state index in [2.05, 4.69) is 9.71 Å². The van der Waals surface area contributed by atoms with E-state index in [1.165, 1.54) is 23.5 Å². The summed E-state index contributed by atoms with van der Waals surface area (Å²) in [5.41, 5.74) is 2.31. The van der Waals surface area contributed by atoms with Crippen molar-refractivity contribution in [2.24, 2.45) is 12.0 Å². The number of carbonyl (C=O) groups excluding carboxylic acids is 1. The van der Waals surface area contributed by atoms with Gasteiger partial charge in [0.1, 0.15) is 5.82 Å². The van der Waals surface area contributed by atoms with E-state index in [0.717, 1.165) is 40.0 Å². The van der Waals surface area contributed by atoms with E-state index in [9.17, 15) is 17.6 Å². The number of rotatable bonds is 4. The van der Waals surface area contributed by atoms with Crippen LogP contribution < -0.4 is 9.52 Å². The zero-order chi connectivity index (χ0) is 23.0. The van der Waals surface area contributed by atoms with Gasteiger partial charge in [0.15, 0.2) is 4.80 Å². The Morgan fingerprint density at radius 3 is 2.53 bits per heavy atom. The number of anilines is 1. The van der Waals surface area contributed by atoms with Crippen LogP contribution in [0, 0.1) is 12.7 Å². The first-order chi connectivity index (χ1) is 15.2. The van der Waals surface area contributed by atoms with E-state index in [4.69, 9.17) is 11.6 Å². The smallest absolute Gasteiger partial charge is 0.279 e. The molecule has 4 rings (SSSR count). The van der Waals surface area contributed by atoms with Crippen molar-refractivity contribution < 1.29 is 17.6 Å². The fraction of sp³-hybridized carbons (Fsp3) is 0.0909.